The monoisotopic (exact) mass is 244 g/mol. The first-order valence-electron chi connectivity index (χ1n) is 6.50. The van der Waals surface area contributed by atoms with Gasteiger partial charge in [-0.15, -0.1) is 0 Å². The molecule has 2 rings (SSSR count). The quantitative estimate of drug-likeness (QED) is 0.798. The summed E-state index contributed by atoms with van der Waals surface area (Å²) in [7, 11) is 1.66. The van der Waals surface area contributed by atoms with E-state index in [9.17, 15) is 5.26 Å². The molecule has 0 saturated heterocycles. The van der Waals surface area contributed by atoms with Crippen molar-refractivity contribution in [2.75, 3.05) is 18.6 Å². The fourth-order valence-corrected chi connectivity index (χ4v) is 2.14. The smallest absolute Gasteiger partial charge is 0.121 e. The highest BCUT2D eigenvalue weighted by molar-refractivity contribution is 5.62. The van der Waals surface area contributed by atoms with Crippen LogP contribution in [0.25, 0.3) is 0 Å². The second-order valence-electron chi connectivity index (χ2n) is 5.18. The molecule has 0 bridgehead atoms. The van der Waals surface area contributed by atoms with E-state index in [0.717, 1.165) is 29.5 Å². The molecule has 1 aliphatic rings. The van der Waals surface area contributed by atoms with E-state index >= 15 is 0 Å². The molecule has 0 aliphatic heterocycles. The largest absolute Gasteiger partial charge is 0.497 e. The van der Waals surface area contributed by atoms with E-state index in [4.69, 9.17) is 4.74 Å². The van der Waals surface area contributed by atoms with Crippen LogP contribution in [-0.4, -0.2) is 19.7 Å². The molecule has 0 atom stereocenters. The summed E-state index contributed by atoms with van der Waals surface area (Å²) in [5.74, 6) is 1.61. The Hall–Kier alpha value is -1.69. The molecule has 0 amide bonds. The molecule has 96 valence electrons. The van der Waals surface area contributed by atoms with Crippen molar-refractivity contribution in [2.24, 2.45) is 5.92 Å². The first-order chi connectivity index (χ1) is 8.65. The van der Waals surface area contributed by atoms with Gasteiger partial charge in [-0.25, -0.2) is 0 Å². The first kappa shape index (κ1) is 12.8. The molecule has 0 N–H and O–H groups in total. The van der Waals surface area contributed by atoms with Gasteiger partial charge in [0, 0.05) is 18.7 Å². The van der Waals surface area contributed by atoms with Crippen LogP contribution in [0, 0.1) is 17.2 Å². The molecular formula is C15H20N2O. The van der Waals surface area contributed by atoms with E-state index in [-0.39, 0.29) is 0 Å². The minimum atomic E-state index is 0.393. The Morgan fingerprint density at radius 3 is 2.67 bits per heavy atom. The van der Waals surface area contributed by atoms with Crippen LogP contribution in [0.1, 0.15) is 32.3 Å². The molecule has 0 radical (unpaired) electrons. The number of anilines is 1. The van der Waals surface area contributed by atoms with Gasteiger partial charge < -0.3 is 9.64 Å². The summed E-state index contributed by atoms with van der Waals surface area (Å²) >= 11 is 0. The number of ether oxygens (including phenoxy) is 1. The van der Waals surface area contributed by atoms with E-state index in [2.05, 4.69) is 24.8 Å². The third-order valence-corrected chi connectivity index (χ3v) is 3.41. The lowest BCUT2D eigenvalue weighted by molar-refractivity contribution is 0.414. The second kappa shape index (κ2) is 5.30. The lowest BCUT2D eigenvalue weighted by atomic mass is 10.1. The molecule has 0 heterocycles. The average molecular weight is 244 g/mol. The molecule has 3 nitrogen and oxygen atoms in total. The topological polar surface area (TPSA) is 36.3 Å². The summed E-state index contributed by atoms with van der Waals surface area (Å²) in [4.78, 5) is 2.32. The number of hydrogen-bond acceptors (Lipinski definition) is 3. The van der Waals surface area contributed by atoms with Gasteiger partial charge in [0.1, 0.15) is 11.8 Å². The van der Waals surface area contributed by atoms with Crippen molar-refractivity contribution in [3.63, 3.8) is 0 Å². The third-order valence-electron chi connectivity index (χ3n) is 3.41. The number of hydrogen-bond donors (Lipinski definition) is 0. The van der Waals surface area contributed by atoms with Crippen LogP contribution < -0.4 is 9.64 Å². The molecule has 0 spiro atoms. The highest BCUT2D eigenvalue weighted by Crippen LogP contribution is 2.34. The van der Waals surface area contributed by atoms with Crippen molar-refractivity contribution in [3.05, 3.63) is 23.8 Å². The number of rotatable bonds is 5. The number of nitriles is 1. The van der Waals surface area contributed by atoms with E-state index in [1.54, 1.807) is 7.11 Å². The standard InChI is InChI=1S/C15H20N2O/c1-11(2)17(10-12-4-5-12)15-8-14(18-3)7-6-13(15)9-16/h6-8,11-12H,4-5,10H2,1-3H3. The van der Waals surface area contributed by atoms with Gasteiger partial charge in [0.05, 0.1) is 18.4 Å². The highest BCUT2D eigenvalue weighted by atomic mass is 16.5. The molecule has 1 saturated carbocycles. The zero-order chi connectivity index (χ0) is 13.1. The molecule has 0 aromatic heterocycles. The zero-order valence-corrected chi connectivity index (χ0v) is 11.3. The van der Waals surface area contributed by atoms with Gasteiger partial charge in [-0.1, -0.05) is 0 Å². The van der Waals surface area contributed by atoms with Gasteiger partial charge in [0.25, 0.3) is 0 Å². The van der Waals surface area contributed by atoms with Gasteiger partial charge in [-0.3, -0.25) is 0 Å². The summed E-state index contributed by atoms with van der Waals surface area (Å²) in [5, 5.41) is 9.24. The minimum absolute atomic E-state index is 0.393. The fourth-order valence-electron chi connectivity index (χ4n) is 2.14. The summed E-state index contributed by atoms with van der Waals surface area (Å²) in [6, 6.07) is 8.33. The van der Waals surface area contributed by atoms with E-state index in [1.165, 1.54) is 12.8 Å². The molecule has 3 heteroatoms. The van der Waals surface area contributed by atoms with E-state index < -0.39 is 0 Å². The normalized spacial score (nSPS) is 14.4. The number of methoxy groups -OCH3 is 1. The molecule has 1 aliphatic carbocycles. The van der Waals surface area contributed by atoms with Gasteiger partial charge in [0.2, 0.25) is 0 Å². The van der Waals surface area contributed by atoms with Crippen molar-refractivity contribution in [1.29, 1.82) is 5.26 Å². The van der Waals surface area contributed by atoms with Gasteiger partial charge in [-0.2, -0.15) is 5.26 Å². The Morgan fingerprint density at radius 2 is 2.17 bits per heavy atom. The zero-order valence-electron chi connectivity index (χ0n) is 11.3. The Labute approximate surface area is 109 Å². The summed E-state index contributed by atoms with van der Waals surface area (Å²) in [6.07, 6.45) is 2.63. The predicted octanol–water partition coefficient (Wildman–Crippen LogP) is 3.19. The lowest BCUT2D eigenvalue weighted by Gasteiger charge is -2.30. The van der Waals surface area contributed by atoms with Crippen LogP contribution in [-0.2, 0) is 0 Å². The highest BCUT2D eigenvalue weighted by Gasteiger charge is 2.26. The van der Waals surface area contributed by atoms with Crippen molar-refractivity contribution < 1.29 is 4.74 Å². The lowest BCUT2D eigenvalue weighted by Crippen LogP contribution is -2.33. The molecule has 0 unspecified atom stereocenters. The molecule has 1 aromatic rings. The van der Waals surface area contributed by atoms with Crippen molar-refractivity contribution in [2.45, 2.75) is 32.7 Å². The Morgan fingerprint density at radius 1 is 1.44 bits per heavy atom. The van der Waals surface area contributed by atoms with Crippen LogP contribution in [0.15, 0.2) is 18.2 Å². The number of benzene rings is 1. The molecule has 1 aromatic carbocycles. The molecule has 1 fully saturated rings. The average Bonchev–Trinajstić information content (AvgIpc) is 3.18. The summed E-state index contributed by atoms with van der Waals surface area (Å²) in [6.45, 7) is 5.38. The van der Waals surface area contributed by atoms with Gasteiger partial charge in [0.15, 0.2) is 0 Å². The molecular weight excluding hydrogens is 224 g/mol. The second-order valence-corrected chi connectivity index (χ2v) is 5.18. The van der Waals surface area contributed by atoms with Crippen LogP contribution in [0.3, 0.4) is 0 Å². The summed E-state index contributed by atoms with van der Waals surface area (Å²) in [5.41, 5.74) is 1.73. The minimum Gasteiger partial charge on any atom is -0.497 e. The fraction of sp³-hybridized carbons (Fsp3) is 0.533. The van der Waals surface area contributed by atoms with Crippen LogP contribution in [0.5, 0.6) is 5.75 Å². The Balaban J connectivity index is 2.34. The van der Waals surface area contributed by atoms with Gasteiger partial charge >= 0.3 is 0 Å². The van der Waals surface area contributed by atoms with Crippen molar-refractivity contribution in [3.8, 4) is 11.8 Å². The molecule has 18 heavy (non-hydrogen) atoms. The maximum absolute atomic E-state index is 9.24. The van der Waals surface area contributed by atoms with Crippen LogP contribution >= 0.6 is 0 Å². The maximum Gasteiger partial charge on any atom is 0.121 e. The third kappa shape index (κ3) is 2.76. The van der Waals surface area contributed by atoms with Crippen LogP contribution in [0.2, 0.25) is 0 Å². The Kier molecular flexibility index (Phi) is 3.76. The van der Waals surface area contributed by atoms with Gasteiger partial charge in [-0.05, 0) is 44.7 Å². The van der Waals surface area contributed by atoms with Crippen molar-refractivity contribution in [1.82, 2.24) is 0 Å². The predicted molar refractivity (Wildman–Crippen MR) is 72.9 cm³/mol. The van der Waals surface area contributed by atoms with Crippen molar-refractivity contribution >= 4 is 5.69 Å². The van der Waals surface area contributed by atoms with Crippen LogP contribution in [0.4, 0.5) is 5.69 Å². The summed E-state index contributed by atoms with van der Waals surface area (Å²) < 4.78 is 5.27. The number of nitrogens with zero attached hydrogens (tertiary/aromatic N) is 2. The Bertz CT molecular complexity index is 458. The maximum atomic E-state index is 9.24. The first-order valence-corrected chi connectivity index (χ1v) is 6.50. The van der Waals surface area contributed by atoms with E-state index in [0.29, 0.717) is 6.04 Å². The van der Waals surface area contributed by atoms with E-state index in [1.807, 2.05) is 18.2 Å². The SMILES string of the molecule is COc1ccc(C#N)c(N(CC2CC2)C(C)C)c1.